The first-order valence-corrected chi connectivity index (χ1v) is 10.0. The highest BCUT2D eigenvalue weighted by Crippen LogP contribution is 2.39. The Morgan fingerprint density at radius 2 is 2.00 bits per heavy atom. The van der Waals surface area contributed by atoms with Crippen LogP contribution in [0.5, 0.6) is 0 Å². The van der Waals surface area contributed by atoms with E-state index >= 15 is 0 Å². The predicted octanol–water partition coefficient (Wildman–Crippen LogP) is 5.29. The second-order valence-corrected chi connectivity index (χ2v) is 7.85. The summed E-state index contributed by atoms with van der Waals surface area (Å²) in [4.78, 5) is 0. The van der Waals surface area contributed by atoms with Crippen LogP contribution in [0.25, 0.3) is 10.9 Å². The van der Waals surface area contributed by atoms with Gasteiger partial charge in [-0.25, -0.2) is 0 Å². The summed E-state index contributed by atoms with van der Waals surface area (Å²) in [5.74, 6) is 0.391. The van der Waals surface area contributed by atoms with Crippen molar-refractivity contribution in [3.8, 4) is 6.07 Å². The lowest BCUT2D eigenvalue weighted by Gasteiger charge is -2.31. The maximum Gasteiger partial charge on any atom is 0.0991 e. The predicted molar refractivity (Wildman–Crippen MR) is 116 cm³/mol. The quantitative estimate of drug-likeness (QED) is 0.527. The van der Waals surface area contributed by atoms with Crippen molar-refractivity contribution in [1.29, 1.82) is 5.26 Å². The van der Waals surface area contributed by atoms with Gasteiger partial charge in [-0.1, -0.05) is 36.4 Å². The van der Waals surface area contributed by atoms with Crippen LogP contribution in [-0.2, 0) is 6.54 Å². The van der Waals surface area contributed by atoms with E-state index in [1.807, 2.05) is 35.1 Å². The van der Waals surface area contributed by atoms with Gasteiger partial charge in [0.2, 0.25) is 0 Å². The van der Waals surface area contributed by atoms with Crippen molar-refractivity contribution >= 4 is 16.6 Å². The topological polar surface area (TPSA) is 53.6 Å². The first kappa shape index (κ1) is 17.5. The fraction of sp³-hybridized carbons (Fsp3) is 0.200. The summed E-state index contributed by atoms with van der Waals surface area (Å²) in [6.07, 6.45) is 3.03. The number of aromatic nitrogens is 2. The molecular weight excluding hydrogens is 356 g/mol. The van der Waals surface area contributed by atoms with Crippen molar-refractivity contribution in [2.75, 3.05) is 5.32 Å². The molecule has 1 aromatic heterocycles. The molecule has 3 aromatic carbocycles. The fourth-order valence-electron chi connectivity index (χ4n) is 4.41. The van der Waals surface area contributed by atoms with Crippen LogP contribution in [0, 0.1) is 11.3 Å². The molecule has 0 amide bonds. The number of rotatable bonds is 3. The van der Waals surface area contributed by atoms with Gasteiger partial charge in [-0.2, -0.15) is 10.4 Å². The van der Waals surface area contributed by atoms with Gasteiger partial charge in [-0.05, 0) is 60.4 Å². The van der Waals surface area contributed by atoms with Crippen molar-refractivity contribution in [3.05, 3.63) is 95.2 Å². The smallest absolute Gasteiger partial charge is 0.0991 e. The number of nitrogens with one attached hydrogen (secondary N) is 1. The zero-order chi connectivity index (χ0) is 19.8. The lowest BCUT2D eigenvalue weighted by molar-refractivity contribution is 0.615. The molecule has 1 N–H and O–H groups in total. The molecular formula is C25H22N4. The molecule has 2 atom stereocenters. The third-order valence-electron chi connectivity index (χ3n) is 5.78. The van der Waals surface area contributed by atoms with Gasteiger partial charge in [0.15, 0.2) is 0 Å². The standard InChI is InChI=1S/C25H22N4/c1-17-11-23(22-7-2-3-8-24(22)28-17)20-9-10-25-21(13-20)15-27-29(25)16-19-6-4-5-18(12-19)14-26/h2-10,12-13,15,17,23,28H,11,16H2,1H3. The lowest BCUT2D eigenvalue weighted by atomic mass is 9.82. The van der Waals surface area contributed by atoms with Crippen molar-refractivity contribution < 1.29 is 0 Å². The minimum absolute atomic E-state index is 0.391. The molecule has 5 rings (SSSR count). The Morgan fingerprint density at radius 1 is 1.10 bits per heavy atom. The lowest BCUT2D eigenvalue weighted by Crippen LogP contribution is -2.25. The second-order valence-electron chi connectivity index (χ2n) is 7.85. The molecule has 0 saturated carbocycles. The van der Waals surface area contributed by atoms with Gasteiger partial charge in [0.1, 0.15) is 0 Å². The molecule has 0 spiro atoms. The molecule has 4 nitrogen and oxygen atoms in total. The Labute approximate surface area is 170 Å². The summed E-state index contributed by atoms with van der Waals surface area (Å²) in [6, 6.07) is 25.7. The first-order chi connectivity index (χ1) is 14.2. The van der Waals surface area contributed by atoms with Gasteiger partial charge in [-0.3, -0.25) is 4.68 Å². The van der Waals surface area contributed by atoms with Gasteiger partial charge in [0.05, 0.1) is 29.9 Å². The Hall–Kier alpha value is -3.58. The van der Waals surface area contributed by atoms with Crippen molar-refractivity contribution in [2.45, 2.75) is 31.8 Å². The zero-order valence-electron chi connectivity index (χ0n) is 16.3. The van der Waals surface area contributed by atoms with Crippen LogP contribution >= 0.6 is 0 Å². The Bertz CT molecular complexity index is 1230. The fourth-order valence-corrected chi connectivity index (χ4v) is 4.41. The highest BCUT2D eigenvalue weighted by molar-refractivity contribution is 5.80. The van der Waals surface area contributed by atoms with Gasteiger partial charge >= 0.3 is 0 Å². The van der Waals surface area contributed by atoms with Gasteiger partial charge in [-0.15, -0.1) is 0 Å². The highest BCUT2D eigenvalue weighted by Gasteiger charge is 2.25. The molecule has 0 radical (unpaired) electrons. The minimum atomic E-state index is 0.391. The van der Waals surface area contributed by atoms with E-state index in [2.05, 4.69) is 65.9 Å². The SMILES string of the molecule is CC1CC(c2ccc3c(cnn3Cc3cccc(C#N)c3)c2)c2ccccc2N1. The monoisotopic (exact) mass is 378 g/mol. The minimum Gasteiger partial charge on any atom is -0.382 e. The van der Waals surface area contributed by atoms with Crippen LogP contribution in [0.2, 0.25) is 0 Å². The number of benzene rings is 3. The van der Waals surface area contributed by atoms with E-state index in [9.17, 15) is 0 Å². The number of anilines is 1. The molecule has 0 bridgehead atoms. The summed E-state index contributed by atoms with van der Waals surface area (Å²) in [5, 5.41) is 18.5. The largest absolute Gasteiger partial charge is 0.382 e. The van der Waals surface area contributed by atoms with Crippen molar-refractivity contribution in [2.24, 2.45) is 0 Å². The maximum atomic E-state index is 9.13. The molecule has 2 unspecified atom stereocenters. The van der Waals surface area contributed by atoms with Crippen LogP contribution in [0.15, 0.2) is 72.9 Å². The van der Waals surface area contributed by atoms with Crippen LogP contribution < -0.4 is 5.32 Å². The van der Waals surface area contributed by atoms with Gasteiger partial charge in [0.25, 0.3) is 0 Å². The molecule has 0 fully saturated rings. The molecule has 4 aromatic rings. The molecule has 1 aliphatic rings. The molecule has 142 valence electrons. The third kappa shape index (κ3) is 3.25. The van der Waals surface area contributed by atoms with E-state index in [1.165, 1.54) is 16.8 Å². The van der Waals surface area contributed by atoms with Crippen LogP contribution in [-0.4, -0.2) is 15.8 Å². The molecule has 0 aliphatic carbocycles. The van der Waals surface area contributed by atoms with Crippen molar-refractivity contribution in [3.63, 3.8) is 0 Å². The van der Waals surface area contributed by atoms with Crippen LogP contribution in [0.3, 0.4) is 0 Å². The number of nitrogens with zero attached hydrogens (tertiary/aromatic N) is 3. The Morgan fingerprint density at radius 3 is 2.90 bits per heavy atom. The number of hydrogen-bond donors (Lipinski definition) is 1. The Balaban J connectivity index is 1.49. The zero-order valence-corrected chi connectivity index (χ0v) is 16.3. The van der Waals surface area contributed by atoms with E-state index in [0.717, 1.165) is 22.9 Å². The number of fused-ring (bicyclic) bond motifs is 2. The van der Waals surface area contributed by atoms with E-state index in [0.29, 0.717) is 24.1 Å². The molecule has 0 saturated heterocycles. The average molecular weight is 378 g/mol. The van der Waals surface area contributed by atoms with Crippen LogP contribution in [0.4, 0.5) is 5.69 Å². The number of hydrogen-bond acceptors (Lipinski definition) is 3. The Kier molecular flexibility index (Phi) is 4.29. The summed E-state index contributed by atoms with van der Waals surface area (Å²) in [6.45, 7) is 2.90. The first-order valence-electron chi connectivity index (χ1n) is 10.0. The second kappa shape index (κ2) is 7.10. The molecule has 29 heavy (non-hydrogen) atoms. The summed E-state index contributed by atoms with van der Waals surface area (Å²) >= 11 is 0. The normalized spacial score (nSPS) is 18.1. The van der Waals surface area contributed by atoms with E-state index in [-0.39, 0.29) is 0 Å². The van der Waals surface area contributed by atoms with E-state index in [4.69, 9.17) is 5.26 Å². The average Bonchev–Trinajstić information content (AvgIpc) is 3.15. The van der Waals surface area contributed by atoms with E-state index < -0.39 is 0 Å². The molecule has 1 aliphatic heterocycles. The van der Waals surface area contributed by atoms with Gasteiger partial charge in [0, 0.05) is 23.0 Å². The molecule has 2 heterocycles. The highest BCUT2D eigenvalue weighted by atomic mass is 15.3. The number of nitriles is 1. The molecule has 4 heteroatoms. The maximum absolute atomic E-state index is 9.13. The van der Waals surface area contributed by atoms with Crippen LogP contribution in [0.1, 0.15) is 41.5 Å². The van der Waals surface area contributed by atoms with E-state index in [1.54, 1.807) is 0 Å². The van der Waals surface area contributed by atoms with Crippen molar-refractivity contribution in [1.82, 2.24) is 9.78 Å². The third-order valence-corrected chi connectivity index (χ3v) is 5.78. The summed E-state index contributed by atoms with van der Waals surface area (Å²) in [5.41, 5.74) is 6.82. The summed E-state index contributed by atoms with van der Waals surface area (Å²) < 4.78 is 2.01. The summed E-state index contributed by atoms with van der Waals surface area (Å²) in [7, 11) is 0. The van der Waals surface area contributed by atoms with Gasteiger partial charge < -0.3 is 5.32 Å². The number of para-hydroxylation sites is 1.